The van der Waals surface area contributed by atoms with E-state index in [1.54, 1.807) is 42.7 Å². The van der Waals surface area contributed by atoms with Gasteiger partial charge in [-0.15, -0.1) is 0 Å². The number of nitrogens with zero attached hydrogens (tertiary/aromatic N) is 1. The molecule has 2 rings (SSSR count). The third-order valence-electron chi connectivity index (χ3n) is 2.86. The number of nitrogens with one attached hydrogen (secondary N) is 3. The fourth-order valence-corrected chi connectivity index (χ4v) is 1.84. The predicted octanol–water partition coefficient (Wildman–Crippen LogP) is 1.08. The van der Waals surface area contributed by atoms with Crippen LogP contribution in [0.25, 0.3) is 0 Å². The molecule has 0 radical (unpaired) electrons. The normalized spacial score (nSPS) is 11.6. The number of amides is 2. The Labute approximate surface area is 121 Å². The first kappa shape index (κ1) is 14.6. The minimum absolute atomic E-state index is 0.362. The molecule has 0 aliphatic heterocycles. The van der Waals surface area contributed by atoms with Crippen molar-refractivity contribution in [2.45, 2.75) is 12.5 Å². The molecule has 0 bridgehead atoms. The highest BCUT2D eigenvalue weighted by Crippen LogP contribution is 2.12. The topological polar surface area (TPSA) is 107 Å². The number of aromatic nitrogens is 2. The van der Waals surface area contributed by atoms with Gasteiger partial charge in [-0.25, -0.2) is 14.6 Å². The molecule has 7 heteroatoms. The number of benzene rings is 1. The Balaban J connectivity index is 1.85. The molecule has 2 amide bonds. The summed E-state index contributed by atoms with van der Waals surface area (Å²) in [5.74, 6) is -0.351. The van der Waals surface area contributed by atoms with E-state index in [0.29, 0.717) is 18.5 Å². The van der Waals surface area contributed by atoms with E-state index < -0.39 is 18.0 Å². The van der Waals surface area contributed by atoms with Gasteiger partial charge in [-0.05, 0) is 5.56 Å². The molecule has 1 aromatic carbocycles. The second-order valence-corrected chi connectivity index (χ2v) is 4.37. The summed E-state index contributed by atoms with van der Waals surface area (Å²) < 4.78 is 0. The molecule has 1 aromatic heterocycles. The molecular formula is C14H16N4O3. The summed E-state index contributed by atoms with van der Waals surface area (Å²) in [6, 6.07) is 6.94. The number of carboxylic acid groups (broad SMARTS) is 1. The molecule has 0 fully saturated rings. The Morgan fingerprint density at radius 3 is 2.67 bits per heavy atom. The number of urea groups is 1. The molecule has 0 spiro atoms. The van der Waals surface area contributed by atoms with Crippen LogP contribution in [0.2, 0.25) is 0 Å². The van der Waals surface area contributed by atoms with Gasteiger partial charge in [0, 0.05) is 25.4 Å². The van der Waals surface area contributed by atoms with E-state index in [1.807, 2.05) is 0 Å². The average molecular weight is 288 g/mol. The summed E-state index contributed by atoms with van der Waals surface area (Å²) in [5, 5.41) is 14.2. The highest BCUT2D eigenvalue weighted by molar-refractivity contribution is 5.83. The van der Waals surface area contributed by atoms with Crippen LogP contribution in [0, 0.1) is 0 Å². The molecule has 110 valence electrons. The van der Waals surface area contributed by atoms with Crippen molar-refractivity contribution in [2.75, 3.05) is 6.54 Å². The van der Waals surface area contributed by atoms with Gasteiger partial charge in [-0.3, -0.25) is 0 Å². The fraction of sp³-hybridized carbons (Fsp3) is 0.214. The summed E-state index contributed by atoms with van der Waals surface area (Å²) >= 11 is 0. The lowest BCUT2D eigenvalue weighted by atomic mass is 10.1. The van der Waals surface area contributed by atoms with Crippen LogP contribution in [-0.2, 0) is 11.2 Å². The maximum atomic E-state index is 11.7. The van der Waals surface area contributed by atoms with E-state index in [-0.39, 0.29) is 0 Å². The lowest BCUT2D eigenvalue weighted by molar-refractivity contribution is -0.139. The number of rotatable bonds is 6. The number of carboxylic acids is 1. The van der Waals surface area contributed by atoms with Crippen molar-refractivity contribution in [1.29, 1.82) is 0 Å². The average Bonchev–Trinajstić information content (AvgIpc) is 2.98. The monoisotopic (exact) mass is 288 g/mol. The molecule has 1 atom stereocenters. The number of carbonyl (C=O) groups is 2. The predicted molar refractivity (Wildman–Crippen MR) is 75.6 cm³/mol. The molecule has 4 N–H and O–H groups in total. The van der Waals surface area contributed by atoms with E-state index in [2.05, 4.69) is 20.6 Å². The number of hydrogen-bond donors (Lipinski definition) is 4. The van der Waals surface area contributed by atoms with E-state index in [0.717, 1.165) is 5.82 Å². The Kier molecular flexibility index (Phi) is 4.92. The molecule has 0 saturated carbocycles. The summed E-state index contributed by atoms with van der Waals surface area (Å²) in [5.41, 5.74) is 0.520. The first-order chi connectivity index (χ1) is 10.2. The van der Waals surface area contributed by atoms with Crippen molar-refractivity contribution in [1.82, 2.24) is 20.6 Å². The Morgan fingerprint density at radius 1 is 1.29 bits per heavy atom. The SMILES string of the molecule is O=C(NCCc1ncc[nH]1)NC(C(=O)O)c1ccccc1. The van der Waals surface area contributed by atoms with Crippen LogP contribution in [0.5, 0.6) is 0 Å². The van der Waals surface area contributed by atoms with Crippen molar-refractivity contribution in [3.63, 3.8) is 0 Å². The molecule has 7 nitrogen and oxygen atoms in total. The zero-order chi connectivity index (χ0) is 15.1. The minimum atomic E-state index is -1.11. The van der Waals surface area contributed by atoms with E-state index in [1.165, 1.54) is 0 Å². The van der Waals surface area contributed by atoms with Gasteiger partial charge >= 0.3 is 12.0 Å². The maximum Gasteiger partial charge on any atom is 0.330 e. The number of aliphatic carboxylic acids is 1. The summed E-state index contributed by atoms with van der Waals surface area (Å²) in [6.45, 7) is 0.362. The van der Waals surface area contributed by atoms with Gasteiger partial charge in [-0.1, -0.05) is 30.3 Å². The van der Waals surface area contributed by atoms with Crippen LogP contribution >= 0.6 is 0 Å². The van der Waals surface area contributed by atoms with Gasteiger partial charge in [0.2, 0.25) is 0 Å². The summed E-state index contributed by atoms with van der Waals surface area (Å²) in [4.78, 5) is 29.9. The smallest absolute Gasteiger partial charge is 0.330 e. The Bertz CT molecular complexity index is 584. The molecule has 0 aliphatic rings. The van der Waals surface area contributed by atoms with E-state index in [4.69, 9.17) is 0 Å². The zero-order valence-corrected chi connectivity index (χ0v) is 11.2. The van der Waals surface area contributed by atoms with Gasteiger partial charge in [0.25, 0.3) is 0 Å². The first-order valence-corrected chi connectivity index (χ1v) is 6.47. The van der Waals surface area contributed by atoms with Gasteiger partial charge < -0.3 is 20.7 Å². The summed E-state index contributed by atoms with van der Waals surface area (Å²) in [7, 11) is 0. The molecule has 1 heterocycles. The van der Waals surface area contributed by atoms with Crippen molar-refractivity contribution in [3.05, 3.63) is 54.1 Å². The van der Waals surface area contributed by atoms with Gasteiger partial charge in [-0.2, -0.15) is 0 Å². The van der Waals surface area contributed by atoms with Crippen molar-refractivity contribution in [3.8, 4) is 0 Å². The molecule has 0 saturated heterocycles. The van der Waals surface area contributed by atoms with E-state index in [9.17, 15) is 14.7 Å². The Hall–Kier alpha value is -2.83. The van der Waals surface area contributed by atoms with Crippen LogP contribution in [-0.4, -0.2) is 33.6 Å². The van der Waals surface area contributed by atoms with Crippen LogP contribution in [0.15, 0.2) is 42.7 Å². The molecular weight excluding hydrogens is 272 g/mol. The standard InChI is InChI=1S/C14H16N4O3/c19-13(20)12(10-4-2-1-3-5-10)18-14(21)17-7-6-11-15-8-9-16-11/h1-5,8-9,12H,6-7H2,(H,15,16)(H,19,20)(H2,17,18,21). The maximum absolute atomic E-state index is 11.7. The van der Waals surface area contributed by atoms with Crippen LogP contribution in [0.3, 0.4) is 0 Å². The van der Waals surface area contributed by atoms with Crippen LogP contribution in [0.4, 0.5) is 4.79 Å². The number of aromatic amines is 1. The third-order valence-corrected chi connectivity index (χ3v) is 2.86. The first-order valence-electron chi connectivity index (χ1n) is 6.47. The van der Waals surface area contributed by atoms with Crippen LogP contribution in [0.1, 0.15) is 17.4 Å². The van der Waals surface area contributed by atoms with Crippen LogP contribution < -0.4 is 10.6 Å². The van der Waals surface area contributed by atoms with Gasteiger partial charge in [0.05, 0.1) is 0 Å². The molecule has 0 aliphatic carbocycles. The molecule has 1 unspecified atom stereocenters. The molecule has 21 heavy (non-hydrogen) atoms. The lowest BCUT2D eigenvalue weighted by Gasteiger charge is -2.15. The molecule has 2 aromatic rings. The second-order valence-electron chi connectivity index (χ2n) is 4.37. The van der Waals surface area contributed by atoms with Gasteiger partial charge in [0.1, 0.15) is 5.82 Å². The summed E-state index contributed by atoms with van der Waals surface area (Å²) in [6.07, 6.45) is 3.88. The highest BCUT2D eigenvalue weighted by atomic mass is 16.4. The second kappa shape index (κ2) is 7.09. The number of imidazole rings is 1. The lowest BCUT2D eigenvalue weighted by Crippen LogP contribution is -2.41. The number of carbonyl (C=O) groups excluding carboxylic acids is 1. The van der Waals surface area contributed by atoms with Gasteiger partial charge in [0.15, 0.2) is 6.04 Å². The third kappa shape index (κ3) is 4.34. The highest BCUT2D eigenvalue weighted by Gasteiger charge is 2.21. The number of hydrogen-bond acceptors (Lipinski definition) is 3. The number of H-pyrrole nitrogens is 1. The Morgan fingerprint density at radius 2 is 2.05 bits per heavy atom. The van der Waals surface area contributed by atoms with Crippen molar-refractivity contribution < 1.29 is 14.7 Å². The fourth-order valence-electron chi connectivity index (χ4n) is 1.84. The largest absolute Gasteiger partial charge is 0.479 e. The minimum Gasteiger partial charge on any atom is -0.479 e. The quantitative estimate of drug-likeness (QED) is 0.638. The van der Waals surface area contributed by atoms with E-state index >= 15 is 0 Å². The zero-order valence-electron chi connectivity index (χ0n) is 11.2. The van der Waals surface area contributed by atoms with Crippen molar-refractivity contribution >= 4 is 12.0 Å². The van der Waals surface area contributed by atoms with Crippen molar-refractivity contribution in [2.24, 2.45) is 0 Å².